The van der Waals surface area contributed by atoms with E-state index in [9.17, 15) is 14.9 Å². The van der Waals surface area contributed by atoms with Crippen molar-refractivity contribution < 1.29 is 19.1 Å². The van der Waals surface area contributed by atoms with Crippen molar-refractivity contribution in [3.63, 3.8) is 0 Å². The molecule has 0 aromatic heterocycles. The maximum Gasteiger partial charge on any atom is 0.249 e. The number of piperidine rings is 2. The number of nitrogens with zero attached hydrogens (tertiary/aromatic N) is 3. The van der Waals surface area contributed by atoms with Crippen molar-refractivity contribution >= 4 is 11.8 Å². The number of carbonyl (C=O) groups is 2. The second-order valence-electron chi connectivity index (χ2n) is 8.60. The molecule has 5 rings (SSSR count). The SMILES string of the molecule is C=C(/C=C1/OCO/C1=C/C)[C@@H]1N2C(=O)[C@]3(C)CC[C@@]2(C[C@]1(C)C#N)C(=O)N3C. The van der Waals surface area contributed by atoms with Crippen LogP contribution in [0.2, 0.25) is 0 Å². The van der Waals surface area contributed by atoms with Gasteiger partial charge in [0.05, 0.1) is 17.5 Å². The molecule has 148 valence electrons. The number of ether oxygens (including phenoxy) is 2. The highest BCUT2D eigenvalue weighted by molar-refractivity contribution is 6.04. The van der Waals surface area contributed by atoms with E-state index >= 15 is 0 Å². The first-order valence-corrected chi connectivity index (χ1v) is 9.51. The normalized spacial score (nSPS) is 41.9. The zero-order valence-electron chi connectivity index (χ0n) is 16.7. The van der Waals surface area contributed by atoms with Crippen LogP contribution < -0.4 is 0 Å². The molecule has 0 N–H and O–H groups in total. The minimum absolute atomic E-state index is 0.0835. The number of amides is 2. The molecule has 2 bridgehead atoms. The highest BCUT2D eigenvalue weighted by Crippen LogP contribution is 2.58. The Morgan fingerprint density at radius 3 is 2.57 bits per heavy atom. The number of nitriles is 1. The van der Waals surface area contributed by atoms with E-state index < -0.39 is 22.5 Å². The Kier molecular flexibility index (Phi) is 3.74. The standard InChI is InChI=1S/C21H25N3O4/c1-6-14-15(28-12-27-14)9-13(2)16-19(3,11-22)10-21-8-7-20(4,17(25)24(16)21)23(5)18(21)26/h6,9,16H,2,7-8,10,12H2,1,3-5H3/b14-6+,15-9+/t16-,19+,20-,21+/m0/s1. The lowest BCUT2D eigenvalue weighted by Gasteiger charge is -2.59. The van der Waals surface area contributed by atoms with Crippen LogP contribution in [0.25, 0.3) is 0 Å². The zero-order chi connectivity index (χ0) is 20.5. The molecule has 1 spiro atoms. The Hall–Kier alpha value is -2.75. The van der Waals surface area contributed by atoms with Crippen LogP contribution in [0.1, 0.15) is 40.0 Å². The number of likely N-dealkylation sites (N-methyl/N-ethyl adjacent to an activating group) is 1. The molecule has 5 aliphatic heterocycles. The summed E-state index contributed by atoms with van der Waals surface area (Å²) in [6.45, 7) is 9.75. The van der Waals surface area contributed by atoms with Crippen LogP contribution in [-0.2, 0) is 19.1 Å². The Labute approximate surface area is 164 Å². The summed E-state index contributed by atoms with van der Waals surface area (Å²) >= 11 is 0. The van der Waals surface area contributed by atoms with E-state index in [0.29, 0.717) is 36.4 Å². The van der Waals surface area contributed by atoms with Crippen LogP contribution in [0.3, 0.4) is 0 Å². The van der Waals surface area contributed by atoms with Gasteiger partial charge in [-0.25, -0.2) is 0 Å². The molecule has 0 radical (unpaired) electrons. The molecule has 0 aromatic carbocycles. The lowest BCUT2D eigenvalue weighted by Crippen LogP contribution is -2.78. The number of allylic oxidation sites excluding steroid dienone is 1. The highest BCUT2D eigenvalue weighted by atomic mass is 16.7. The van der Waals surface area contributed by atoms with Crippen LogP contribution in [-0.4, -0.2) is 52.6 Å². The summed E-state index contributed by atoms with van der Waals surface area (Å²) in [5.41, 5.74) is -2.21. The summed E-state index contributed by atoms with van der Waals surface area (Å²) in [6, 6.07) is 1.78. The van der Waals surface area contributed by atoms with Crippen LogP contribution in [0.5, 0.6) is 0 Å². The first kappa shape index (κ1) is 18.6. The van der Waals surface area contributed by atoms with E-state index in [2.05, 4.69) is 12.6 Å². The van der Waals surface area contributed by atoms with E-state index in [1.54, 1.807) is 29.0 Å². The third-order valence-corrected chi connectivity index (χ3v) is 6.99. The first-order valence-electron chi connectivity index (χ1n) is 9.51. The van der Waals surface area contributed by atoms with E-state index in [1.165, 1.54) is 0 Å². The van der Waals surface area contributed by atoms with Gasteiger partial charge in [-0.15, -0.1) is 0 Å². The summed E-state index contributed by atoms with van der Waals surface area (Å²) in [5, 5.41) is 10.0. The second kappa shape index (κ2) is 5.63. The monoisotopic (exact) mass is 383 g/mol. The Morgan fingerprint density at radius 2 is 1.93 bits per heavy atom. The van der Waals surface area contributed by atoms with Gasteiger partial charge in [0.15, 0.2) is 11.5 Å². The molecule has 2 amide bonds. The predicted octanol–water partition coefficient (Wildman–Crippen LogP) is 2.23. The Balaban J connectivity index is 1.82. The molecule has 5 aliphatic rings. The number of piperazine rings is 1. The van der Waals surface area contributed by atoms with E-state index in [0.717, 1.165) is 0 Å². The van der Waals surface area contributed by atoms with Gasteiger partial charge in [-0.05, 0) is 51.3 Å². The summed E-state index contributed by atoms with van der Waals surface area (Å²) in [6.07, 6.45) is 5.00. The molecular weight excluding hydrogens is 358 g/mol. The molecule has 4 atom stereocenters. The third kappa shape index (κ3) is 2.03. The highest BCUT2D eigenvalue weighted by Gasteiger charge is 2.73. The summed E-state index contributed by atoms with van der Waals surface area (Å²) in [4.78, 5) is 30.0. The topological polar surface area (TPSA) is 82.9 Å². The molecule has 0 aliphatic carbocycles. The van der Waals surface area contributed by atoms with Gasteiger partial charge in [0, 0.05) is 13.5 Å². The molecule has 5 heterocycles. The molecule has 0 aromatic rings. The van der Waals surface area contributed by atoms with Crippen molar-refractivity contribution in [2.24, 2.45) is 5.41 Å². The fourth-order valence-corrected chi connectivity index (χ4v) is 5.35. The van der Waals surface area contributed by atoms with E-state index in [-0.39, 0.29) is 18.6 Å². The number of carbonyl (C=O) groups excluding carboxylic acids is 2. The van der Waals surface area contributed by atoms with Crippen LogP contribution in [0.15, 0.2) is 35.8 Å². The summed E-state index contributed by atoms with van der Waals surface area (Å²) in [7, 11) is 1.69. The molecule has 5 fully saturated rings. The predicted molar refractivity (Wildman–Crippen MR) is 100 cm³/mol. The number of hydrogen-bond acceptors (Lipinski definition) is 5. The third-order valence-electron chi connectivity index (χ3n) is 6.99. The van der Waals surface area contributed by atoms with Gasteiger partial charge < -0.3 is 19.3 Å². The quantitative estimate of drug-likeness (QED) is 0.730. The molecule has 5 saturated heterocycles. The van der Waals surface area contributed by atoms with Crippen molar-refractivity contribution in [2.75, 3.05) is 13.8 Å². The minimum Gasteiger partial charge on any atom is -0.454 e. The fourth-order valence-electron chi connectivity index (χ4n) is 5.35. The van der Waals surface area contributed by atoms with Gasteiger partial charge in [0.25, 0.3) is 0 Å². The van der Waals surface area contributed by atoms with Gasteiger partial charge in [-0.1, -0.05) is 6.58 Å². The smallest absolute Gasteiger partial charge is 0.249 e. The maximum absolute atomic E-state index is 13.5. The molecule has 7 nitrogen and oxygen atoms in total. The van der Waals surface area contributed by atoms with Gasteiger partial charge in [0.2, 0.25) is 18.6 Å². The van der Waals surface area contributed by atoms with Gasteiger partial charge in [0.1, 0.15) is 11.1 Å². The van der Waals surface area contributed by atoms with Crippen molar-refractivity contribution in [2.45, 2.75) is 57.2 Å². The molecular formula is C21H25N3O4. The lowest BCUT2D eigenvalue weighted by molar-refractivity contribution is -0.186. The van der Waals surface area contributed by atoms with Crippen LogP contribution >= 0.6 is 0 Å². The van der Waals surface area contributed by atoms with Gasteiger partial charge in [-0.3, -0.25) is 9.59 Å². The largest absolute Gasteiger partial charge is 0.454 e. The maximum atomic E-state index is 13.5. The molecule has 0 unspecified atom stereocenters. The molecule has 7 heteroatoms. The fraction of sp³-hybridized carbons (Fsp3) is 0.571. The average Bonchev–Trinajstić information content (AvgIpc) is 3.23. The Bertz CT molecular complexity index is 900. The van der Waals surface area contributed by atoms with Gasteiger partial charge >= 0.3 is 0 Å². The van der Waals surface area contributed by atoms with Crippen molar-refractivity contribution in [3.8, 4) is 6.07 Å². The minimum atomic E-state index is -0.976. The second-order valence-corrected chi connectivity index (χ2v) is 8.60. The van der Waals surface area contributed by atoms with Crippen LogP contribution in [0, 0.1) is 16.7 Å². The van der Waals surface area contributed by atoms with E-state index in [1.807, 2.05) is 20.8 Å². The van der Waals surface area contributed by atoms with Crippen molar-refractivity contribution in [1.82, 2.24) is 9.80 Å². The van der Waals surface area contributed by atoms with Crippen molar-refractivity contribution in [1.29, 1.82) is 5.26 Å². The first-order chi connectivity index (χ1) is 13.1. The number of fused-ring (bicyclic) bond motifs is 2. The van der Waals surface area contributed by atoms with Gasteiger partial charge in [-0.2, -0.15) is 5.26 Å². The zero-order valence-corrected chi connectivity index (χ0v) is 16.7. The Morgan fingerprint density at radius 1 is 1.25 bits per heavy atom. The molecule has 0 saturated carbocycles. The lowest BCUT2D eigenvalue weighted by atomic mass is 9.69. The summed E-state index contributed by atoms with van der Waals surface area (Å²) < 4.78 is 10.9. The van der Waals surface area contributed by atoms with E-state index in [4.69, 9.17) is 9.47 Å². The number of hydrogen-bond donors (Lipinski definition) is 0. The van der Waals surface area contributed by atoms with Crippen molar-refractivity contribution in [3.05, 3.63) is 35.8 Å². The number of rotatable bonds is 2. The average molecular weight is 383 g/mol. The van der Waals surface area contributed by atoms with Crippen LogP contribution in [0.4, 0.5) is 0 Å². The molecule has 28 heavy (non-hydrogen) atoms. The summed E-state index contributed by atoms with van der Waals surface area (Å²) in [5.74, 6) is 0.930.